The number of piperazine rings is 1. The molecule has 0 spiro atoms. The number of carbonyl (C=O) groups is 1. The van der Waals surface area contributed by atoms with E-state index < -0.39 is 0 Å². The average Bonchev–Trinajstić information content (AvgIpc) is 2.74. The maximum Gasteiger partial charge on any atom is 0.257 e. The van der Waals surface area contributed by atoms with Gasteiger partial charge in [-0.25, -0.2) is 0 Å². The Labute approximate surface area is 171 Å². The van der Waals surface area contributed by atoms with E-state index in [4.69, 9.17) is 17.0 Å². The number of carbonyl (C=O) groups excluding carboxylic acids is 1. The summed E-state index contributed by atoms with van der Waals surface area (Å²) in [5.74, 6) is 0.444. The van der Waals surface area contributed by atoms with Crippen molar-refractivity contribution in [2.24, 2.45) is 0 Å². The number of methoxy groups -OCH3 is 1. The predicted molar refractivity (Wildman–Crippen MR) is 117 cm³/mol. The molecule has 1 heterocycles. The molecule has 0 saturated carbocycles. The van der Waals surface area contributed by atoms with Gasteiger partial charge >= 0.3 is 0 Å². The van der Waals surface area contributed by atoms with Gasteiger partial charge in [-0.3, -0.25) is 10.1 Å². The summed E-state index contributed by atoms with van der Waals surface area (Å²) in [6.07, 6.45) is 0. The highest BCUT2D eigenvalue weighted by Crippen LogP contribution is 2.19. The monoisotopic (exact) mass is 398 g/mol. The van der Waals surface area contributed by atoms with Gasteiger partial charge in [0.05, 0.1) is 7.11 Å². The number of anilines is 2. The van der Waals surface area contributed by atoms with Crippen molar-refractivity contribution < 1.29 is 9.53 Å². The van der Waals surface area contributed by atoms with E-state index in [0.717, 1.165) is 38.4 Å². The molecule has 0 unspecified atom stereocenters. The normalized spacial score (nSPS) is 14.4. The van der Waals surface area contributed by atoms with Crippen molar-refractivity contribution in [1.29, 1.82) is 0 Å². The van der Waals surface area contributed by atoms with Crippen molar-refractivity contribution in [2.75, 3.05) is 50.1 Å². The summed E-state index contributed by atoms with van der Waals surface area (Å²) in [7, 11) is 1.59. The first-order valence-electron chi connectivity index (χ1n) is 9.43. The second-order valence-corrected chi connectivity index (χ2v) is 7.01. The van der Waals surface area contributed by atoms with Crippen LogP contribution in [0.15, 0.2) is 48.5 Å². The summed E-state index contributed by atoms with van der Waals surface area (Å²) in [5, 5.41) is 6.02. The van der Waals surface area contributed by atoms with Crippen LogP contribution in [0, 0.1) is 0 Å². The maximum atomic E-state index is 12.3. The number of hydrogen-bond acceptors (Lipinski definition) is 5. The third-order valence-corrected chi connectivity index (χ3v) is 5.09. The van der Waals surface area contributed by atoms with Crippen LogP contribution >= 0.6 is 12.2 Å². The second kappa shape index (κ2) is 9.52. The smallest absolute Gasteiger partial charge is 0.257 e. The molecule has 1 amide bonds. The largest absolute Gasteiger partial charge is 0.497 e. The number of ether oxygens (including phenoxy) is 1. The Balaban J connectivity index is 1.52. The fourth-order valence-electron chi connectivity index (χ4n) is 3.16. The molecule has 2 N–H and O–H groups in total. The van der Waals surface area contributed by atoms with Crippen molar-refractivity contribution in [2.45, 2.75) is 6.92 Å². The summed E-state index contributed by atoms with van der Waals surface area (Å²) in [6, 6.07) is 15.0. The Bertz CT molecular complexity index is 800. The lowest BCUT2D eigenvalue weighted by Gasteiger charge is -2.35. The van der Waals surface area contributed by atoms with Crippen LogP contribution in [0.2, 0.25) is 0 Å². The summed E-state index contributed by atoms with van der Waals surface area (Å²) in [4.78, 5) is 17.1. The van der Waals surface area contributed by atoms with E-state index in [1.54, 1.807) is 31.4 Å². The van der Waals surface area contributed by atoms with Crippen molar-refractivity contribution in [3.8, 4) is 5.75 Å². The Hall–Kier alpha value is -2.64. The molecule has 7 heteroatoms. The number of nitrogens with zero attached hydrogens (tertiary/aromatic N) is 2. The van der Waals surface area contributed by atoms with E-state index in [-0.39, 0.29) is 11.0 Å². The van der Waals surface area contributed by atoms with Crippen LogP contribution in [-0.4, -0.2) is 55.8 Å². The van der Waals surface area contributed by atoms with Gasteiger partial charge in [0.25, 0.3) is 5.91 Å². The standard InChI is InChI=1S/C21H26N4O2S/c1-3-24-12-14-25(15-13-24)18-8-6-17(7-9-18)22-21(28)23-20(26)16-4-10-19(27-2)11-5-16/h4-11H,3,12-15H2,1-2H3,(H2,22,23,26,28). The van der Waals surface area contributed by atoms with E-state index in [1.807, 2.05) is 12.1 Å². The van der Waals surface area contributed by atoms with E-state index in [9.17, 15) is 4.79 Å². The fraction of sp³-hybridized carbons (Fsp3) is 0.333. The highest BCUT2D eigenvalue weighted by Gasteiger charge is 2.15. The summed E-state index contributed by atoms with van der Waals surface area (Å²) in [6.45, 7) is 7.58. The molecule has 1 aliphatic rings. The Kier molecular flexibility index (Phi) is 6.84. The van der Waals surface area contributed by atoms with E-state index in [2.05, 4.69) is 39.5 Å². The highest BCUT2D eigenvalue weighted by atomic mass is 32.1. The molecule has 148 valence electrons. The molecule has 1 saturated heterocycles. The average molecular weight is 399 g/mol. The number of thiocarbonyl (C=S) groups is 1. The van der Waals surface area contributed by atoms with Gasteiger partial charge in [0, 0.05) is 43.1 Å². The molecule has 0 aliphatic carbocycles. The molecular weight excluding hydrogens is 372 g/mol. The summed E-state index contributed by atoms with van der Waals surface area (Å²) in [5.41, 5.74) is 2.57. The number of hydrogen-bond donors (Lipinski definition) is 2. The Morgan fingerprint density at radius 2 is 1.68 bits per heavy atom. The van der Waals surface area contributed by atoms with Gasteiger partial charge in [0.1, 0.15) is 5.75 Å². The maximum absolute atomic E-state index is 12.3. The van der Waals surface area contributed by atoms with E-state index >= 15 is 0 Å². The molecule has 6 nitrogen and oxygen atoms in total. The lowest BCUT2D eigenvalue weighted by molar-refractivity contribution is 0.0977. The SMILES string of the molecule is CCN1CCN(c2ccc(NC(=S)NC(=O)c3ccc(OC)cc3)cc2)CC1. The molecule has 0 radical (unpaired) electrons. The van der Waals surface area contributed by atoms with Crippen LogP contribution in [0.3, 0.4) is 0 Å². The van der Waals surface area contributed by atoms with Gasteiger partial charge in [-0.2, -0.15) is 0 Å². The Morgan fingerprint density at radius 3 is 2.25 bits per heavy atom. The minimum atomic E-state index is -0.259. The topological polar surface area (TPSA) is 56.8 Å². The second-order valence-electron chi connectivity index (χ2n) is 6.60. The molecule has 28 heavy (non-hydrogen) atoms. The third-order valence-electron chi connectivity index (χ3n) is 4.89. The molecule has 0 atom stereocenters. The minimum Gasteiger partial charge on any atom is -0.497 e. The predicted octanol–water partition coefficient (Wildman–Crippen LogP) is 2.96. The lowest BCUT2D eigenvalue weighted by atomic mass is 10.2. The van der Waals surface area contributed by atoms with Crippen molar-refractivity contribution in [3.63, 3.8) is 0 Å². The Morgan fingerprint density at radius 1 is 1.04 bits per heavy atom. The zero-order chi connectivity index (χ0) is 19.9. The van der Waals surface area contributed by atoms with Crippen LogP contribution < -0.4 is 20.3 Å². The lowest BCUT2D eigenvalue weighted by Crippen LogP contribution is -2.46. The summed E-state index contributed by atoms with van der Waals surface area (Å²) >= 11 is 5.26. The quantitative estimate of drug-likeness (QED) is 0.756. The van der Waals surface area contributed by atoms with Gasteiger partial charge in [-0.15, -0.1) is 0 Å². The van der Waals surface area contributed by atoms with Gasteiger partial charge in [-0.05, 0) is 67.3 Å². The first-order chi connectivity index (χ1) is 13.6. The van der Waals surface area contributed by atoms with Gasteiger partial charge in [-0.1, -0.05) is 6.92 Å². The molecule has 3 rings (SSSR count). The minimum absolute atomic E-state index is 0.259. The van der Waals surface area contributed by atoms with Crippen LogP contribution in [0.25, 0.3) is 0 Å². The van der Waals surface area contributed by atoms with Crippen LogP contribution in [0.1, 0.15) is 17.3 Å². The molecule has 2 aromatic carbocycles. The van der Waals surface area contributed by atoms with Gasteiger partial charge < -0.3 is 19.9 Å². The van der Waals surface area contributed by atoms with E-state index in [1.165, 1.54) is 5.69 Å². The number of likely N-dealkylation sites (N-methyl/N-ethyl adjacent to an activating group) is 1. The first-order valence-corrected chi connectivity index (χ1v) is 9.83. The molecule has 1 aliphatic heterocycles. The van der Waals surface area contributed by atoms with Crippen molar-refractivity contribution in [3.05, 3.63) is 54.1 Å². The summed E-state index contributed by atoms with van der Waals surface area (Å²) < 4.78 is 5.10. The molecule has 2 aromatic rings. The van der Waals surface area contributed by atoms with E-state index in [0.29, 0.717) is 11.3 Å². The number of rotatable bonds is 5. The first kappa shape index (κ1) is 20.1. The fourth-order valence-corrected chi connectivity index (χ4v) is 3.37. The van der Waals surface area contributed by atoms with Gasteiger partial charge in [0.2, 0.25) is 0 Å². The van der Waals surface area contributed by atoms with Crippen molar-refractivity contribution in [1.82, 2.24) is 10.2 Å². The third kappa shape index (κ3) is 5.21. The zero-order valence-corrected chi connectivity index (χ0v) is 17.1. The molecule has 1 fully saturated rings. The van der Waals surface area contributed by atoms with Crippen molar-refractivity contribution >= 4 is 34.6 Å². The highest BCUT2D eigenvalue weighted by molar-refractivity contribution is 7.80. The van der Waals surface area contributed by atoms with Crippen LogP contribution in [0.5, 0.6) is 5.75 Å². The van der Waals surface area contributed by atoms with Gasteiger partial charge in [0.15, 0.2) is 5.11 Å². The van der Waals surface area contributed by atoms with Crippen LogP contribution in [0.4, 0.5) is 11.4 Å². The number of nitrogens with one attached hydrogen (secondary N) is 2. The number of amides is 1. The van der Waals surface area contributed by atoms with Crippen LogP contribution in [-0.2, 0) is 0 Å². The molecule has 0 bridgehead atoms. The molecule has 0 aromatic heterocycles. The zero-order valence-electron chi connectivity index (χ0n) is 16.3. The number of benzene rings is 2. The molecular formula is C21H26N4O2S.